The maximum Gasteiger partial charge on any atom is 0.217 e. The fourth-order valence-electron chi connectivity index (χ4n) is 7.54. The highest BCUT2D eigenvalue weighted by Gasteiger charge is 2.42. The molecule has 0 bridgehead atoms. The Morgan fingerprint density at radius 1 is 0.740 bits per heavy atom. The molecule has 1 saturated heterocycles. The summed E-state index contributed by atoms with van der Waals surface area (Å²) in [5.74, 6) is 0.986. The first-order valence-electron chi connectivity index (χ1n) is 17.5. The molecule has 256 valence electrons. The number of rotatable bonds is 12. The molecule has 2 heterocycles. The van der Waals surface area contributed by atoms with Crippen LogP contribution in [0.5, 0.6) is 11.6 Å². The summed E-state index contributed by atoms with van der Waals surface area (Å²) in [6, 6.07) is 41.7. The summed E-state index contributed by atoms with van der Waals surface area (Å²) in [6.45, 7) is 5.02. The minimum Gasteiger partial charge on any atom is -0.497 e. The molecule has 1 aromatic heterocycles. The molecule has 5 aromatic carbocycles. The number of hydrogen-bond donors (Lipinski definition) is 1. The third-order valence-corrected chi connectivity index (χ3v) is 10.7. The largest absolute Gasteiger partial charge is 0.497 e. The van der Waals surface area contributed by atoms with Crippen LogP contribution in [0.25, 0.3) is 21.7 Å². The monoisotopic (exact) mass is 729 g/mol. The van der Waals surface area contributed by atoms with E-state index in [4.69, 9.17) is 14.5 Å². The molecule has 0 saturated carbocycles. The fraction of sp³-hybridized carbons (Fsp3) is 0.279. The zero-order valence-corrected chi connectivity index (χ0v) is 30.4. The van der Waals surface area contributed by atoms with Crippen molar-refractivity contribution in [3.63, 3.8) is 0 Å². The molecule has 0 aliphatic carbocycles. The number of nitrogens with zero attached hydrogens (tertiary/aromatic N) is 3. The lowest BCUT2D eigenvalue weighted by Gasteiger charge is -2.39. The topological polar surface area (TPSA) is 58.1 Å². The number of ether oxygens (including phenoxy) is 2. The van der Waals surface area contributed by atoms with Crippen LogP contribution >= 0.6 is 15.9 Å². The highest BCUT2D eigenvalue weighted by molar-refractivity contribution is 9.10. The summed E-state index contributed by atoms with van der Waals surface area (Å²) in [5, 5.41) is 16.6. The number of fused-ring (bicyclic) bond motifs is 2. The summed E-state index contributed by atoms with van der Waals surface area (Å²) in [5.41, 5.74) is 3.63. The van der Waals surface area contributed by atoms with Gasteiger partial charge in [-0.3, -0.25) is 4.90 Å². The maximum atomic E-state index is 13.4. The molecule has 1 aliphatic heterocycles. The Bertz CT molecular complexity index is 2050. The van der Waals surface area contributed by atoms with Gasteiger partial charge in [-0.2, -0.15) is 0 Å². The highest BCUT2D eigenvalue weighted by atomic mass is 79.9. The molecular formula is C43H44BrN3O3. The Morgan fingerprint density at radius 3 is 2.22 bits per heavy atom. The number of halogens is 1. The van der Waals surface area contributed by atoms with Gasteiger partial charge in [-0.25, -0.2) is 4.98 Å². The van der Waals surface area contributed by atoms with Crippen LogP contribution in [0.15, 0.2) is 126 Å². The van der Waals surface area contributed by atoms with Gasteiger partial charge in [-0.15, -0.1) is 0 Å². The van der Waals surface area contributed by atoms with Gasteiger partial charge in [0, 0.05) is 53.2 Å². The molecule has 2 unspecified atom stereocenters. The van der Waals surface area contributed by atoms with E-state index in [2.05, 4.69) is 105 Å². The predicted molar refractivity (Wildman–Crippen MR) is 208 cm³/mol. The van der Waals surface area contributed by atoms with E-state index >= 15 is 0 Å². The average molecular weight is 731 g/mol. The van der Waals surface area contributed by atoms with E-state index in [1.54, 1.807) is 14.2 Å². The Morgan fingerprint density at radius 2 is 1.48 bits per heavy atom. The van der Waals surface area contributed by atoms with Crippen molar-refractivity contribution in [1.82, 2.24) is 9.88 Å². The smallest absolute Gasteiger partial charge is 0.217 e. The van der Waals surface area contributed by atoms with Gasteiger partial charge < -0.3 is 19.5 Å². The number of benzene rings is 5. The van der Waals surface area contributed by atoms with Gasteiger partial charge in [0.2, 0.25) is 5.88 Å². The van der Waals surface area contributed by atoms with Crippen molar-refractivity contribution in [1.29, 1.82) is 0 Å². The first-order valence-corrected chi connectivity index (χ1v) is 18.3. The number of hydrogen-bond acceptors (Lipinski definition) is 6. The summed E-state index contributed by atoms with van der Waals surface area (Å²) in [6.07, 6.45) is 2.43. The summed E-state index contributed by atoms with van der Waals surface area (Å²) < 4.78 is 12.3. The van der Waals surface area contributed by atoms with E-state index in [0.717, 1.165) is 94.2 Å². The number of methoxy groups -OCH3 is 2. The number of unbranched alkanes of at least 4 members (excludes halogenated alkanes) is 1. The van der Waals surface area contributed by atoms with Crippen LogP contribution in [0.1, 0.15) is 41.9 Å². The average Bonchev–Trinajstić information content (AvgIpc) is 3.17. The van der Waals surface area contributed by atoms with Crippen LogP contribution in [0.2, 0.25) is 0 Å². The lowest BCUT2D eigenvalue weighted by Crippen LogP contribution is -2.46. The SMILES string of the molecule is COc1ccc(N2CCN(CCCCC(O)(c3ccc4ccccc4c3)C(c3ccccc3)c3cc4cc(Br)ccc4nc3OC)CC2)cc1. The summed E-state index contributed by atoms with van der Waals surface area (Å²) in [4.78, 5) is 9.96. The van der Waals surface area contributed by atoms with Gasteiger partial charge in [0.05, 0.1) is 19.7 Å². The first kappa shape index (κ1) is 34.0. The second-order valence-electron chi connectivity index (χ2n) is 13.2. The molecule has 0 spiro atoms. The third-order valence-electron chi connectivity index (χ3n) is 10.2. The molecule has 50 heavy (non-hydrogen) atoms. The Labute approximate surface area is 303 Å². The molecule has 2 atom stereocenters. The van der Waals surface area contributed by atoms with Gasteiger partial charge in [-0.1, -0.05) is 82.7 Å². The van der Waals surface area contributed by atoms with Crippen LogP contribution in [0.3, 0.4) is 0 Å². The van der Waals surface area contributed by atoms with Gasteiger partial charge in [0.15, 0.2) is 0 Å². The van der Waals surface area contributed by atoms with Crippen molar-refractivity contribution in [2.24, 2.45) is 0 Å². The first-order chi connectivity index (χ1) is 24.4. The normalized spacial score (nSPS) is 15.6. The summed E-state index contributed by atoms with van der Waals surface area (Å²) >= 11 is 3.65. The van der Waals surface area contributed by atoms with Crippen LogP contribution in [0.4, 0.5) is 5.69 Å². The third kappa shape index (κ3) is 7.22. The van der Waals surface area contributed by atoms with Gasteiger partial charge >= 0.3 is 0 Å². The van der Waals surface area contributed by atoms with E-state index in [-0.39, 0.29) is 0 Å². The highest BCUT2D eigenvalue weighted by Crippen LogP contribution is 2.48. The lowest BCUT2D eigenvalue weighted by molar-refractivity contribution is 0.00664. The zero-order chi connectivity index (χ0) is 34.5. The number of aromatic nitrogens is 1. The van der Waals surface area contributed by atoms with Crippen molar-refractivity contribution in [2.45, 2.75) is 30.8 Å². The Hall–Kier alpha value is -4.43. The van der Waals surface area contributed by atoms with Crippen molar-refractivity contribution in [3.8, 4) is 11.6 Å². The minimum atomic E-state index is -1.24. The second kappa shape index (κ2) is 15.2. The maximum absolute atomic E-state index is 13.4. The second-order valence-corrected chi connectivity index (χ2v) is 14.2. The molecule has 6 aromatic rings. The van der Waals surface area contributed by atoms with Crippen molar-refractivity contribution >= 4 is 43.3 Å². The quantitative estimate of drug-likeness (QED) is 0.127. The van der Waals surface area contributed by atoms with Crippen LogP contribution < -0.4 is 14.4 Å². The number of anilines is 1. The lowest BCUT2D eigenvalue weighted by atomic mass is 9.71. The van der Waals surface area contributed by atoms with E-state index in [1.807, 2.05) is 42.5 Å². The van der Waals surface area contributed by atoms with Crippen LogP contribution in [0, 0.1) is 0 Å². The van der Waals surface area contributed by atoms with E-state index in [9.17, 15) is 5.11 Å². The molecular weight excluding hydrogens is 686 g/mol. The van der Waals surface area contributed by atoms with Crippen molar-refractivity contribution in [3.05, 3.63) is 142 Å². The molecule has 6 nitrogen and oxygen atoms in total. The van der Waals surface area contributed by atoms with Gasteiger partial charge in [0.25, 0.3) is 0 Å². The van der Waals surface area contributed by atoms with Crippen molar-refractivity contribution in [2.75, 3.05) is 51.8 Å². The van der Waals surface area contributed by atoms with Gasteiger partial charge in [-0.05, 0) is 102 Å². The molecule has 1 aliphatic rings. The van der Waals surface area contributed by atoms with Crippen LogP contribution in [-0.2, 0) is 5.60 Å². The minimum absolute atomic E-state index is 0.427. The molecule has 0 amide bonds. The molecule has 1 fully saturated rings. The van der Waals surface area contributed by atoms with Crippen LogP contribution in [-0.4, -0.2) is 61.9 Å². The van der Waals surface area contributed by atoms with E-state index < -0.39 is 11.5 Å². The Kier molecular flexibility index (Phi) is 10.4. The van der Waals surface area contributed by atoms with Crippen molar-refractivity contribution < 1.29 is 14.6 Å². The van der Waals surface area contributed by atoms with E-state index in [0.29, 0.717) is 12.3 Å². The predicted octanol–water partition coefficient (Wildman–Crippen LogP) is 9.18. The standard InChI is InChI=1S/C43H44BrN3O3/c1-49-38-19-17-37(18-20-38)47-26-24-46(25-27-47)23-9-8-22-43(48,35-15-14-31-10-6-7-13-33(31)28-35)41(32-11-4-3-5-12-32)39-30-34-29-36(44)16-21-40(34)45-42(39)50-2/h3-7,10-21,28-30,41,48H,8-9,22-27H2,1-2H3. The summed E-state index contributed by atoms with van der Waals surface area (Å²) in [7, 11) is 3.37. The van der Waals surface area contributed by atoms with E-state index in [1.165, 1.54) is 5.69 Å². The molecule has 7 heteroatoms. The molecule has 0 radical (unpaired) electrons. The number of pyridine rings is 1. The fourth-order valence-corrected chi connectivity index (χ4v) is 7.92. The number of aliphatic hydroxyl groups is 1. The van der Waals surface area contributed by atoms with Gasteiger partial charge in [0.1, 0.15) is 11.4 Å². The molecule has 1 N–H and O–H groups in total. The molecule has 7 rings (SSSR count). The Balaban J connectivity index is 1.18. The number of piperazine rings is 1. The zero-order valence-electron chi connectivity index (χ0n) is 28.8.